The molecule has 0 fully saturated rings. The van der Waals surface area contributed by atoms with Crippen LogP contribution in [0.3, 0.4) is 0 Å². The number of hydrogen-bond acceptors (Lipinski definition) is 3. The largest absolute Gasteiger partial charge is 0.463 e. The van der Waals surface area contributed by atoms with Crippen LogP contribution in [0.2, 0.25) is 0 Å². The molecule has 0 aromatic carbocycles. The van der Waals surface area contributed by atoms with Gasteiger partial charge in [0.05, 0.1) is 12.0 Å². The van der Waals surface area contributed by atoms with Gasteiger partial charge in [0.1, 0.15) is 5.88 Å². The number of furan rings is 1. The van der Waals surface area contributed by atoms with Crippen molar-refractivity contribution < 1.29 is 9.21 Å². The summed E-state index contributed by atoms with van der Waals surface area (Å²) in [5.41, 5.74) is 1.18. The Bertz CT molecular complexity index is 490. The molecule has 2 aromatic rings. The highest BCUT2D eigenvalue weighted by atomic mass is 35.5. The van der Waals surface area contributed by atoms with Crippen molar-refractivity contribution in [3.8, 4) is 11.5 Å². The minimum atomic E-state index is -0.275. The van der Waals surface area contributed by atoms with Crippen LogP contribution in [0.1, 0.15) is 0 Å². The number of rotatable bonds is 3. The van der Waals surface area contributed by atoms with E-state index in [1.807, 2.05) is 0 Å². The van der Waals surface area contributed by atoms with Gasteiger partial charge in [-0.25, -0.2) is 0 Å². The van der Waals surface area contributed by atoms with Crippen molar-refractivity contribution in [3.05, 3.63) is 24.6 Å². The number of halogens is 1. The van der Waals surface area contributed by atoms with Crippen LogP contribution in [-0.2, 0) is 11.8 Å². The number of amides is 1. The molecule has 0 atom stereocenters. The molecule has 0 radical (unpaired) electrons. The first-order chi connectivity index (χ1) is 7.70. The average Bonchev–Trinajstić information content (AvgIpc) is 2.87. The molecule has 84 valence electrons. The molecule has 0 spiro atoms. The first-order valence-electron chi connectivity index (χ1n) is 4.64. The van der Waals surface area contributed by atoms with Crippen molar-refractivity contribution in [3.63, 3.8) is 0 Å². The van der Waals surface area contributed by atoms with E-state index in [0.717, 1.165) is 0 Å². The van der Waals surface area contributed by atoms with Gasteiger partial charge in [-0.3, -0.25) is 9.48 Å². The van der Waals surface area contributed by atoms with Crippen molar-refractivity contribution in [1.29, 1.82) is 0 Å². The molecule has 0 aliphatic rings. The zero-order valence-electron chi connectivity index (χ0n) is 8.61. The monoisotopic (exact) mass is 239 g/mol. The lowest BCUT2D eigenvalue weighted by molar-refractivity contribution is -0.113. The van der Waals surface area contributed by atoms with Crippen LogP contribution in [-0.4, -0.2) is 21.6 Å². The summed E-state index contributed by atoms with van der Waals surface area (Å²) in [6.45, 7) is 0. The quantitative estimate of drug-likeness (QED) is 0.832. The Morgan fingerprint density at radius 1 is 1.69 bits per heavy atom. The number of nitrogens with zero attached hydrogens (tertiary/aromatic N) is 2. The zero-order chi connectivity index (χ0) is 11.5. The van der Waals surface area contributed by atoms with Gasteiger partial charge in [0.2, 0.25) is 5.91 Å². The Morgan fingerprint density at radius 3 is 3.12 bits per heavy atom. The predicted molar refractivity (Wildman–Crippen MR) is 60.3 cm³/mol. The molecule has 1 N–H and O–H groups in total. The predicted octanol–water partition coefficient (Wildman–Crippen LogP) is 1.86. The molecule has 0 saturated heterocycles. The Balaban J connectivity index is 2.34. The van der Waals surface area contributed by atoms with E-state index < -0.39 is 0 Å². The maximum absolute atomic E-state index is 11.2. The number of aromatic nitrogens is 2. The van der Waals surface area contributed by atoms with Gasteiger partial charge in [0.15, 0.2) is 11.5 Å². The van der Waals surface area contributed by atoms with E-state index in [1.165, 1.54) is 0 Å². The van der Waals surface area contributed by atoms with E-state index in [4.69, 9.17) is 16.0 Å². The van der Waals surface area contributed by atoms with Gasteiger partial charge >= 0.3 is 0 Å². The van der Waals surface area contributed by atoms with Gasteiger partial charge in [-0.05, 0) is 12.1 Å². The van der Waals surface area contributed by atoms with Crippen LogP contribution in [0.4, 0.5) is 5.69 Å². The van der Waals surface area contributed by atoms with Gasteiger partial charge < -0.3 is 9.73 Å². The van der Waals surface area contributed by atoms with E-state index in [9.17, 15) is 4.79 Å². The third-order valence-electron chi connectivity index (χ3n) is 1.98. The summed E-state index contributed by atoms with van der Waals surface area (Å²) >= 11 is 5.42. The fourth-order valence-electron chi connectivity index (χ4n) is 1.36. The highest BCUT2D eigenvalue weighted by molar-refractivity contribution is 6.29. The molecule has 0 aliphatic carbocycles. The molecule has 0 bridgehead atoms. The second-order valence-corrected chi connectivity index (χ2v) is 3.49. The molecule has 2 aromatic heterocycles. The third kappa shape index (κ3) is 2.09. The molecule has 1 amide bonds. The first-order valence-corrected chi connectivity index (χ1v) is 5.17. The van der Waals surface area contributed by atoms with Crippen LogP contribution in [0.5, 0.6) is 0 Å². The van der Waals surface area contributed by atoms with Gasteiger partial charge in [-0.15, -0.1) is 11.6 Å². The van der Waals surface area contributed by atoms with Crippen LogP contribution < -0.4 is 5.32 Å². The minimum Gasteiger partial charge on any atom is -0.463 e. The normalized spacial score (nSPS) is 10.4. The van der Waals surface area contributed by atoms with Gasteiger partial charge in [-0.1, -0.05) is 0 Å². The van der Waals surface area contributed by atoms with Crippen molar-refractivity contribution >= 4 is 23.2 Å². The van der Waals surface area contributed by atoms with Crippen molar-refractivity contribution in [1.82, 2.24) is 9.78 Å². The number of aryl methyl sites for hydroxylation is 1. The van der Waals surface area contributed by atoms with Crippen LogP contribution in [0.15, 0.2) is 29.0 Å². The summed E-state index contributed by atoms with van der Waals surface area (Å²) in [5, 5.41) is 6.86. The molecule has 16 heavy (non-hydrogen) atoms. The van der Waals surface area contributed by atoms with Crippen LogP contribution in [0.25, 0.3) is 11.5 Å². The first kappa shape index (κ1) is 10.8. The molecule has 0 unspecified atom stereocenters. The molecule has 2 rings (SSSR count). The highest BCUT2D eigenvalue weighted by Crippen LogP contribution is 2.26. The van der Waals surface area contributed by atoms with Crippen LogP contribution in [0, 0.1) is 0 Å². The van der Waals surface area contributed by atoms with Gasteiger partial charge in [0, 0.05) is 13.2 Å². The maximum Gasteiger partial charge on any atom is 0.239 e. The van der Waals surface area contributed by atoms with E-state index >= 15 is 0 Å². The Labute approximate surface area is 97.0 Å². The molecule has 6 heteroatoms. The topological polar surface area (TPSA) is 60.1 Å². The van der Waals surface area contributed by atoms with E-state index in [1.54, 1.807) is 36.3 Å². The molecule has 5 nitrogen and oxygen atoms in total. The Hall–Kier alpha value is -1.75. The molecule has 0 saturated carbocycles. The van der Waals surface area contributed by atoms with Gasteiger partial charge in [0.25, 0.3) is 0 Å². The maximum atomic E-state index is 11.2. The number of nitrogens with one attached hydrogen (secondary N) is 1. The fourth-order valence-corrected chi connectivity index (χ4v) is 1.43. The number of carbonyl (C=O) groups excluding carboxylic acids is 1. The summed E-state index contributed by atoms with van der Waals surface area (Å²) in [6.07, 6.45) is 3.25. The number of carbonyl (C=O) groups is 1. The summed E-state index contributed by atoms with van der Waals surface area (Å²) in [7, 11) is 1.77. The minimum absolute atomic E-state index is 0.0908. The van der Waals surface area contributed by atoms with Crippen molar-refractivity contribution in [2.45, 2.75) is 0 Å². The standard InChI is InChI=1S/C10H10ClN3O2/c1-14-6-7(12-9(15)5-11)10(13-14)8-3-2-4-16-8/h2-4,6H,5H2,1H3,(H,12,15). The molecule has 0 aliphatic heterocycles. The third-order valence-corrected chi connectivity index (χ3v) is 2.22. The molecular formula is C10H10ClN3O2. The molecular weight excluding hydrogens is 230 g/mol. The van der Waals surface area contributed by atoms with E-state index in [-0.39, 0.29) is 11.8 Å². The lowest BCUT2D eigenvalue weighted by Gasteiger charge is -2.00. The number of anilines is 1. The number of alkyl halides is 1. The van der Waals surface area contributed by atoms with E-state index in [0.29, 0.717) is 17.1 Å². The van der Waals surface area contributed by atoms with Crippen molar-refractivity contribution in [2.75, 3.05) is 11.2 Å². The SMILES string of the molecule is Cn1cc(NC(=O)CCl)c(-c2ccco2)n1. The lowest BCUT2D eigenvalue weighted by atomic mass is 10.3. The van der Waals surface area contributed by atoms with E-state index in [2.05, 4.69) is 10.4 Å². The van der Waals surface area contributed by atoms with Crippen molar-refractivity contribution in [2.24, 2.45) is 7.05 Å². The fraction of sp³-hybridized carbons (Fsp3) is 0.200. The Morgan fingerprint density at radius 2 is 2.50 bits per heavy atom. The molecule has 2 heterocycles. The number of hydrogen-bond donors (Lipinski definition) is 1. The average molecular weight is 240 g/mol. The summed E-state index contributed by atoms with van der Waals surface area (Å²) in [6, 6.07) is 3.54. The second kappa shape index (κ2) is 4.40. The second-order valence-electron chi connectivity index (χ2n) is 3.22. The lowest BCUT2D eigenvalue weighted by Crippen LogP contribution is -2.12. The summed E-state index contributed by atoms with van der Waals surface area (Å²) in [5.74, 6) is 0.236. The van der Waals surface area contributed by atoms with Gasteiger partial charge in [-0.2, -0.15) is 5.10 Å². The Kier molecular flexibility index (Phi) is 2.96. The zero-order valence-corrected chi connectivity index (χ0v) is 9.36. The smallest absolute Gasteiger partial charge is 0.239 e. The summed E-state index contributed by atoms with van der Waals surface area (Å²) in [4.78, 5) is 11.2. The highest BCUT2D eigenvalue weighted by Gasteiger charge is 2.14. The van der Waals surface area contributed by atoms with Crippen LogP contribution >= 0.6 is 11.6 Å². The summed E-state index contributed by atoms with van der Waals surface area (Å²) < 4.78 is 6.83.